The molecule has 3 nitrogen and oxygen atoms in total. The molecule has 1 N–H and O–H groups in total. The van der Waals surface area contributed by atoms with Gasteiger partial charge in [-0.05, 0) is 80.6 Å². The number of phenolic OH excluding ortho intramolecular Hbond substituents is 1. The van der Waals surface area contributed by atoms with E-state index >= 15 is 0 Å². The van der Waals surface area contributed by atoms with E-state index in [0.29, 0.717) is 17.6 Å². The lowest BCUT2D eigenvalue weighted by molar-refractivity contribution is 0.261. The summed E-state index contributed by atoms with van der Waals surface area (Å²) in [6.07, 6.45) is 4.95. The molecule has 1 saturated carbocycles. The van der Waals surface area contributed by atoms with E-state index in [1.165, 1.54) is 36.8 Å². The zero-order valence-corrected chi connectivity index (χ0v) is 15.3. The molecule has 1 aliphatic rings. The summed E-state index contributed by atoms with van der Waals surface area (Å²) >= 11 is 0. The minimum Gasteiger partial charge on any atom is -0.508 e. The number of hydrogen-bond donors (Lipinski definition) is 1. The Kier molecular flexibility index (Phi) is 5.98. The predicted molar refractivity (Wildman–Crippen MR) is 103 cm³/mol. The molecule has 0 radical (unpaired) electrons. The second-order valence-electron chi connectivity index (χ2n) is 7.37. The fraction of sp³-hybridized carbons (Fsp3) is 0.455. The van der Waals surface area contributed by atoms with Crippen LogP contribution in [0.1, 0.15) is 48.6 Å². The standard InChI is InChI=1S/C22H29NO2/c1-23(2)14-15-25-22-12-8-18(9-13-22)20-5-3-4-19(16-20)17-6-10-21(24)11-7-17/h6-13,19-20,24H,3-5,14-16H2,1-2H3/t19-,20+/m1/s1. The van der Waals surface area contributed by atoms with E-state index in [0.717, 1.165) is 18.9 Å². The van der Waals surface area contributed by atoms with Crippen molar-refractivity contribution in [1.29, 1.82) is 0 Å². The molecule has 0 aliphatic heterocycles. The summed E-state index contributed by atoms with van der Waals surface area (Å²) in [5, 5.41) is 9.49. The first kappa shape index (κ1) is 17.8. The highest BCUT2D eigenvalue weighted by molar-refractivity contribution is 5.32. The topological polar surface area (TPSA) is 32.7 Å². The van der Waals surface area contributed by atoms with E-state index in [2.05, 4.69) is 55.4 Å². The summed E-state index contributed by atoms with van der Waals surface area (Å²) in [5.41, 5.74) is 2.77. The van der Waals surface area contributed by atoms with Gasteiger partial charge in [0.15, 0.2) is 0 Å². The summed E-state index contributed by atoms with van der Waals surface area (Å²) in [6, 6.07) is 16.4. The van der Waals surface area contributed by atoms with Crippen molar-refractivity contribution in [2.75, 3.05) is 27.2 Å². The highest BCUT2D eigenvalue weighted by atomic mass is 16.5. The number of aromatic hydroxyl groups is 1. The lowest BCUT2D eigenvalue weighted by Gasteiger charge is -2.30. The largest absolute Gasteiger partial charge is 0.508 e. The number of nitrogens with zero attached hydrogens (tertiary/aromatic N) is 1. The van der Waals surface area contributed by atoms with E-state index in [1.807, 2.05) is 0 Å². The number of rotatable bonds is 6. The van der Waals surface area contributed by atoms with Crippen LogP contribution in [0, 0.1) is 0 Å². The van der Waals surface area contributed by atoms with E-state index in [-0.39, 0.29) is 0 Å². The zero-order valence-electron chi connectivity index (χ0n) is 15.3. The van der Waals surface area contributed by atoms with Crippen LogP contribution in [0.4, 0.5) is 0 Å². The molecule has 2 aromatic carbocycles. The normalized spacial score (nSPS) is 20.6. The number of likely N-dealkylation sites (N-methyl/N-ethyl adjacent to an activating group) is 1. The Labute approximate surface area is 151 Å². The molecule has 2 aromatic rings. The smallest absolute Gasteiger partial charge is 0.119 e. The molecular formula is C22H29NO2. The van der Waals surface area contributed by atoms with Crippen molar-refractivity contribution in [3.8, 4) is 11.5 Å². The first-order valence-electron chi connectivity index (χ1n) is 9.28. The fourth-order valence-electron chi connectivity index (χ4n) is 3.72. The monoisotopic (exact) mass is 339 g/mol. The Morgan fingerprint density at radius 1 is 0.920 bits per heavy atom. The first-order valence-corrected chi connectivity index (χ1v) is 9.28. The number of phenols is 1. The zero-order chi connectivity index (χ0) is 17.6. The summed E-state index contributed by atoms with van der Waals surface area (Å²) in [7, 11) is 4.11. The highest BCUT2D eigenvalue weighted by Gasteiger charge is 2.24. The van der Waals surface area contributed by atoms with E-state index in [4.69, 9.17) is 4.74 Å². The van der Waals surface area contributed by atoms with Crippen LogP contribution >= 0.6 is 0 Å². The molecule has 1 fully saturated rings. The predicted octanol–water partition coefficient (Wildman–Crippen LogP) is 4.77. The van der Waals surface area contributed by atoms with Gasteiger partial charge in [0.2, 0.25) is 0 Å². The van der Waals surface area contributed by atoms with E-state index in [1.54, 1.807) is 12.1 Å². The van der Waals surface area contributed by atoms with Crippen LogP contribution in [0.3, 0.4) is 0 Å². The van der Waals surface area contributed by atoms with Gasteiger partial charge >= 0.3 is 0 Å². The average molecular weight is 339 g/mol. The van der Waals surface area contributed by atoms with Crippen molar-refractivity contribution in [2.24, 2.45) is 0 Å². The van der Waals surface area contributed by atoms with Gasteiger partial charge in [0.25, 0.3) is 0 Å². The molecule has 3 rings (SSSR count). The van der Waals surface area contributed by atoms with Gasteiger partial charge in [0, 0.05) is 6.54 Å². The third kappa shape index (κ3) is 4.99. The Morgan fingerprint density at radius 3 is 2.04 bits per heavy atom. The second kappa shape index (κ2) is 8.39. The van der Waals surface area contributed by atoms with Gasteiger partial charge < -0.3 is 14.7 Å². The minimum absolute atomic E-state index is 0.348. The SMILES string of the molecule is CN(C)CCOc1ccc([C@H]2CCC[C@@H](c3ccc(O)cc3)C2)cc1. The maximum Gasteiger partial charge on any atom is 0.119 e. The van der Waals surface area contributed by atoms with Crippen molar-refractivity contribution < 1.29 is 9.84 Å². The second-order valence-corrected chi connectivity index (χ2v) is 7.37. The Bertz CT molecular complexity index is 649. The summed E-state index contributed by atoms with van der Waals surface area (Å²) < 4.78 is 5.80. The lowest BCUT2D eigenvalue weighted by atomic mass is 9.75. The molecule has 1 aliphatic carbocycles. The van der Waals surface area contributed by atoms with Crippen molar-refractivity contribution in [3.05, 3.63) is 59.7 Å². The van der Waals surface area contributed by atoms with E-state index < -0.39 is 0 Å². The molecule has 3 heteroatoms. The van der Waals surface area contributed by atoms with Crippen LogP contribution in [-0.4, -0.2) is 37.3 Å². The molecule has 134 valence electrons. The van der Waals surface area contributed by atoms with Crippen molar-refractivity contribution in [1.82, 2.24) is 4.90 Å². The first-order chi connectivity index (χ1) is 12.1. The van der Waals surface area contributed by atoms with Gasteiger partial charge in [-0.2, -0.15) is 0 Å². The van der Waals surface area contributed by atoms with Crippen LogP contribution < -0.4 is 4.74 Å². The maximum atomic E-state index is 9.49. The Morgan fingerprint density at radius 2 is 1.48 bits per heavy atom. The Balaban J connectivity index is 1.60. The van der Waals surface area contributed by atoms with Crippen LogP contribution in [0.2, 0.25) is 0 Å². The number of hydrogen-bond acceptors (Lipinski definition) is 3. The maximum absolute atomic E-state index is 9.49. The molecule has 0 aromatic heterocycles. The van der Waals surface area contributed by atoms with E-state index in [9.17, 15) is 5.11 Å². The van der Waals surface area contributed by atoms with Gasteiger partial charge in [-0.25, -0.2) is 0 Å². The highest BCUT2D eigenvalue weighted by Crippen LogP contribution is 2.41. The van der Waals surface area contributed by atoms with Crippen molar-refractivity contribution in [3.63, 3.8) is 0 Å². The molecule has 0 spiro atoms. The molecule has 0 amide bonds. The molecular weight excluding hydrogens is 310 g/mol. The third-order valence-electron chi connectivity index (χ3n) is 5.20. The fourth-order valence-corrected chi connectivity index (χ4v) is 3.72. The van der Waals surface area contributed by atoms with Gasteiger partial charge in [-0.1, -0.05) is 30.7 Å². The van der Waals surface area contributed by atoms with Gasteiger partial charge in [0.05, 0.1) is 0 Å². The molecule has 0 heterocycles. The van der Waals surface area contributed by atoms with Crippen LogP contribution in [0.15, 0.2) is 48.5 Å². The average Bonchev–Trinajstić information content (AvgIpc) is 2.63. The molecule has 0 bridgehead atoms. The molecule has 0 saturated heterocycles. The van der Waals surface area contributed by atoms with Crippen LogP contribution in [0.5, 0.6) is 11.5 Å². The summed E-state index contributed by atoms with van der Waals surface area (Å²) in [4.78, 5) is 2.12. The lowest BCUT2D eigenvalue weighted by Crippen LogP contribution is -2.19. The van der Waals surface area contributed by atoms with Gasteiger partial charge in [-0.3, -0.25) is 0 Å². The van der Waals surface area contributed by atoms with Crippen LogP contribution in [0.25, 0.3) is 0 Å². The van der Waals surface area contributed by atoms with Crippen LogP contribution in [-0.2, 0) is 0 Å². The Hall–Kier alpha value is -2.00. The summed E-state index contributed by atoms with van der Waals surface area (Å²) in [6.45, 7) is 1.65. The molecule has 2 atom stereocenters. The van der Waals surface area contributed by atoms with Crippen molar-refractivity contribution >= 4 is 0 Å². The quantitative estimate of drug-likeness (QED) is 0.822. The van der Waals surface area contributed by atoms with Gasteiger partial charge in [-0.15, -0.1) is 0 Å². The minimum atomic E-state index is 0.348. The molecule has 0 unspecified atom stereocenters. The van der Waals surface area contributed by atoms with Gasteiger partial charge in [0.1, 0.15) is 18.1 Å². The third-order valence-corrected chi connectivity index (χ3v) is 5.20. The number of ether oxygens (including phenoxy) is 1. The summed E-state index contributed by atoms with van der Waals surface area (Å²) in [5.74, 6) is 2.51. The van der Waals surface area contributed by atoms with Crippen molar-refractivity contribution in [2.45, 2.75) is 37.5 Å². The molecule has 25 heavy (non-hydrogen) atoms. The number of benzene rings is 2.